The van der Waals surface area contributed by atoms with Gasteiger partial charge in [-0.15, -0.1) is 0 Å². The molecular formula is C16H31N3O. The second-order valence-corrected chi connectivity index (χ2v) is 7.09. The van der Waals surface area contributed by atoms with Gasteiger partial charge in [0.25, 0.3) is 0 Å². The van der Waals surface area contributed by atoms with Crippen LogP contribution in [-0.4, -0.2) is 66.8 Å². The second kappa shape index (κ2) is 6.30. The highest BCUT2D eigenvalue weighted by molar-refractivity contribution is 4.93. The van der Waals surface area contributed by atoms with Crippen molar-refractivity contribution in [2.45, 2.75) is 63.2 Å². The SMILES string of the molecule is CC(CN)N1CCN(CC2CCC3(CCCC3)O2)CC1. The molecule has 0 aromatic carbocycles. The Hall–Kier alpha value is -0.160. The summed E-state index contributed by atoms with van der Waals surface area (Å²) in [6, 6.07) is 0.529. The fourth-order valence-electron chi connectivity index (χ4n) is 4.23. The van der Waals surface area contributed by atoms with E-state index in [-0.39, 0.29) is 0 Å². The predicted octanol–water partition coefficient (Wildman–Crippen LogP) is 1.44. The van der Waals surface area contributed by atoms with E-state index in [1.165, 1.54) is 51.6 Å². The minimum Gasteiger partial charge on any atom is -0.370 e. The maximum atomic E-state index is 6.43. The molecule has 2 heterocycles. The van der Waals surface area contributed by atoms with Crippen LogP contribution in [0.1, 0.15) is 45.4 Å². The van der Waals surface area contributed by atoms with E-state index in [0.29, 0.717) is 17.7 Å². The van der Waals surface area contributed by atoms with E-state index in [1.54, 1.807) is 0 Å². The zero-order chi connectivity index (χ0) is 14.0. The van der Waals surface area contributed by atoms with Crippen LogP contribution < -0.4 is 5.73 Å². The molecule has 4 nitrogen and oxygen atoms in total. The summed E-state index contributed by atoms with van der Waals surface area (Å²) in [5.41, 5.74) is 6.05. The summed E-state index contributed by atoms with van der Waals surface area (Å²) in [6.07, 6.45) is 8.45. The fourth-order valence-corrected chi connectivity index (χ4v) is 4.23. The summed E-state index contributed by atoms with van der Waals surface area (Å²) in [4.78, 5) is 5.11. The molecule has 1 saturated carbocycles. The van der Waals surface area contributed by atoms with E-state index in [2.05, 4.69) is 16.7 Å². The predicted molar refractivity (Wildman–Crippen MR) is 81.8 cm³/mol. The van der Waals surface area contributed by atoms with Gasteiger partial charge < -0.3 is 10.5 Å². The van der Waals surface area contributed by atoms with Crippen LogP contribution in [0, 0.1) is 0 Å². The van der Waals surface area contributed by atoms with Crippen LogP contribution in [0.4, 0.5) is 0 Å². The number of ether oxygens (including phenoxy) is 1. The molecule has 2 saturated heterocycles. The van der Waals surface area contributed by atoms with Crippen LogP contribution in [0.3, 0.4) is 0 Å². The number of nitrogens with two attached hydrogens (primary N) is 1. The van der Waals surface area contributed by atoms with Crippen molar-refractivity contribution in [2.24, 2.45) is 5.73 Å². The lowest BCUT2D eigenvalue weighted by molar-refractivity contribution is -0.0517. The van der Waals surface area contributed by atoms with Gasteiger partial charge in [-0.25, -0.2) is 0 Å². The van der Waals surface area contributed by atoms with Gasteiger partial charge >= 0.3 is 0 Å². The minimum absolute atomic E-state index is 0.292. The molecule has 3 rings (SSSR count). The Morgan fingerprint density at radius 1 is 1.15 bits per heavy atom. The summed E-state index contributed by atoms with van der Waals surface area (Å²) in [7, 11) is 0. The van der Waals surface area contributed by atoms with E-state index < -0.39 is 0 Å². The third-order valence-corrected chi connectivity index (χ3v) is 5.69. The molecule has 3 aliphatic rings. The highest BCUT2D eigenvalue weighted by Gasteiger charge is 2.42. The molecule has 0 radical (unpaired) electrons. The Morgan fingerprint density at radius 3 is 2.50 bits per heavy atom. The normalized spacial score (nSPS) is 33.0. The largest absolute Gasteiger partial charge is 0.370 e. The van der Waals surface area contributed by atoms with Crippen LogP contribution in [0.2, 0.25) is 0 Å². The van der Waals surface area contributed by atoms with Gasteiger partial charge in [-0.1, -0.05) is 12.8 Å². The number of rotatable bonds is 4. The van der Waals surface area contributed by atoms with Gasteiger partial charge in [-0.3, -0.25) is 9.80 Å². The van der Waals surface area contributed by atoms with Crippen molar-refractivity contribution >= 4 is 0 Å². The quantitative estimate of drug-likeness (QED) is 0.847. The molecular weight excluding hydrogens is 250 g/mol. The zero-order valence-corrected chi connectivity index (χ0v) is 13.0. The van der Waals surface area contributed by atoms with E-state index in [0.717, 1.165) is 26.2 Å². The Labute approximate surface area is 123 Å². The first-order chi connectivity index (χ1) is 9.71. The van der Waals surface area contributed by atoms with Crippen molar-refractivity contribution < 1.29 is 4.74 Å². The summed E-state index contributed by atoms with van der Waals surface area (Å²) >= 11 is 0. The van der Waals surface area contributed by atoms with Crippen molar-refractivity contribution in [1.29, 1.82) is 0 Å². The zero-order valence-electron chi connectivity index (χ0n) is 13.0. The van der Waals surface area contributed by atoms with E-state index >= 15 is 0 Å². The topological polar surface area (TPSA) is 41.7 Å². The second-order valence-electron chi connectivity index (χ2n) is 7.09. The first-order valence-electron chi connectivity index (χ1n) is 8.55. The highest BCUT2D eigenvalue weighted by Crippen LogP contribution is 2.43. The summed E-state index contributed by atoms with van der Waals surface area (Å²) < 4.78 is 6.43. The van der Waals surface area contributed by atoms with Crippen molar-refractivity contribution in [1.82, 2.24) is 9.80 Å². The first kappa shape index (κ1) is 14.8. The Bertz CT molecular complexity index is 309. The van der Waals surface area contributed by atoms with Gasteiger partial charge in [-0.2, -0.15) is 0 Å². The molecule has 3 fully saturated rings. The number of nitrogens with zero attached hydrogens (tertiary/aromatic N) is 2. The minimum atomic E-state index is 0.292. The molecule has 2 N–H and O–H groups in total. The van der Waals surface area contributed by atoms with Crippen LogP contribution in [0.5, 0.6) is 0 Å². The molecule has 1 aliphatic carbocycles. The number of piperazine rings is 1. The van der Waals surface area contributed by atoms with E-state index in [9.17, 15) is 0 Å². The average Bonchev–Trinajstić information content (AvgIpc) is 3.09. The van der Waals surface area contributed by atoms with Crippen molar-refractivity contribution in [2.75, 3.05) is 39.3 Å². The van der Waals surface area contributed by atoms with Crippen LogP contribution in [0.15, 0.2) is 0 Å². The maximum Gasteiger partial charge on any atom is 0.0710 e. The number of hydrogen-bond donors (Lipinski definition) is 1. The van der Waals surface area contributed by atoms with E-state index in [1.807, 2.05) is 0 Å². The fraction of sp³-hybridized carbons (Fsp3) is 1.00. The molecule has 116 valence electrons. The average molecular weight is 281 g/mol. The van der Waals surface area contributed by atoms with Crippen molar-refractivity contribution in [3.63, 3.8) is 0 Å². The lowest BCUT2D eigenvalue weighted by atomic mass is 9.98. The summed E-state index contributed by atoms with van der Waals surface area (Å²) in [5, 5.41) is 0. The van der Waals surface area contributed by atoms with Crippen molar-refractivity contribution in [3.8, 4) is 0 Å². The lowest BCUT2D eigenvalue weighted by Gasteiger charge is -2.38. The van der Waals surface area contributed by atoms with Crippen LogP contribution >= 0.6 is 0 Å². The van der Waals surface area contributed by atoms with E-state index in [4.69, 9.17) is 10.5 Å². The molecule has 2 aliphatic heterocycles. The molecule has 2 unspecified atom stereocenters. The highest BCUT2D eigenvalue weighted by atomic mass is 16.5. The molecule has 1 spiro atoms. The van der Waals surface area contributed by atoms with Gasteiger partial charge in [0, 0.05) is 45.3 Å². The molecule has 2 atom stereocenters. The standard InChI is InChI=1S/C16H31N3O/c1-14(12-17)19-10-8-18(9-11-19)13-15-4-7-16(20-15)5-2-3-6-16/h14-15H,2-13,17H2,1H3. The molecule has 0 amide bonds. The van der Waals surface area contributed by atoms with Gasteiger partial charge in [0.2, 0.25) is 0 Å². The third kappa shape index (κ3) is 3.19. The monoisotopic (exact) mass is 281 g/mol. The number of hydrogen-bond acceptors (Lipinski definition) is 4. The van der Waals surface area contributed by atoms with Gasteiger partial charge in [-0.05, 0) is 32.6 Å². The Balaban J connectivity index is 1.42. The van der Waals surface area contributed by atoms with Crippen LogP contribution in [-0.2, 0) is 4.74 Å². The molecule has 0 bridgehead atoms. The summed E-state index contributed by atoms with van der Waals surface area (Å²) in [6.45, 7) is 8.83. The molecule has 0 aromatic rings. The lowest BCUT2D eigenvalue weighted by Crippen LogP contribution is -2.52. The van der Waals surface area contributed by atoms with Gasteiger partial charge in [0.15, 0.2) is 0 Å². The molecule has 4 heteroatoms. The van der Waals surface area contributed by atoms with Gasteiger partial charge in [0.1, 0.15) is 0 Å². The van der Waals surface area contributed by atoms with Gasteiger partial charge in [0.05, 0.1) is 11.7 Å². The molecule has 0 aromatic heterocycles. The molecule has 20 heavy (non-hydrogen) atoms. The van der Waals surface area contributed by atoms with Crippen LogP contribution in [0.25, 0.3) is 0 Å². The Kier molecular flexibility index (Phi) is 4.65. The maximum absolute atomic E-state index is 6.43. The summed E-state index contributed by atoms with van der Waals surface area (Å²) in [5.74, 6) is 0. The Morgan fingerprint density at radius 2 is 1.85 bits per heavy atom. The third-order valence-electron chi connectivity index (χ3n) is 5.69. The first-order valence-corrected chi connectivity index (χ1v) is 8.55. The van der Waals surface area contributed by atoms with Crippen molar-refractivity contribution in [3.05, 3.63) is 0 Å². The smallest absolute Gasteiger partial charge is 0.0710 e.